The van der Waals surface area contributed by atoms with Crippen molar-refractivity contribution >= 4 is 40.1 Å². The van der Waals surface area contributed by atoms with Gasteiger partial charge in [0, 0.05) is 18.8 Å². The van der Waals surface area contributed by atoms with Gasteiger partial charge in [-0.1, -0.05) is 42.6 Å². The standard InChI is InChI=1S/C15H20N2S2/c1-12(15(19)17-10-6-3-7-11-17)14(18)16-13-8-4-2-5-9-13/h2,4-5,8-9,12H,3,6-7,10-11H2,1H3,(H,16,18). The van der Waals surface area contributed by atoms with Crippen LogP contribution in [0.5, 0.6) is 0 Å². The number of nitrogens with zero attached hydrogens (tertiary/aromatic N) is 1. The molecule has 1 aromatic rings. The highest BCUT2D eigenvalue weighted by Gasteiger charge is 2.21. The highest BCUT2D eigenvalue weighted by Crippen LogP contribution is 2.16. The van der Waals surface area contributed by atoms with Crippen LogP contribution < -0.4 is 5.32 Å². The minimum absolute atomic E-state index is 0.114. The highest BCUT2D eigenvalue weighted by atomic mass is 32.1. The van der Waals surface area contributed by atoms with Crippen molar-refractivity contribution in [3.05, 3.63) is 30.3 Å². The van der Waals surface area contributed by atoms with Gasteiger partial charge in [-0.25, -0.2) is 0 Å². The molecule has 1 fully saturated rings. The van der Waals surface area contributed by atoms with Crippen LogP contribution in [-0.2, 0) is 0 Å². The van der Waals surface area contributed by atoms with Crippen molar-refractivity contribution in [1.82, 2.24) is 4.90 Å². The summed E-state index contributed by atoms with van der Waals surface area (Å²) in [7, 11) is 0. The Labute approximate surface area is 126 Å². The van der Waals surface area contributed by atoms with E-state index in [0.717, 1.165) is 28.8 Å². The van der Waals surface area contributed by atoms with Crippen molar-refractivity contribution in [2.75, 3.05) is 18.4 Å². The lowest BCUT2D eigenvalue weighted by molar-refractivity contribution is 0.339. The van der Waals surface area contributed by atoms with E-state index < -0.39 is 0 Å². The number of rotatable bonds is 3. The fourth-order valence-corrected chi connectivity index (χ4v) is 2.88. The molecule has 1 N–H and O–H groups in total. The van der Waals surface area contributed by atoms with Crippen LogP contribution in [0.3, 0.4) is 0 Å². The molecule has 0 saturated carbocycles. The summed E-state index contributed by atoms with van der Waals surface area (Å²) in [5.41, 5.74) is 1.03. The fraction of sp³-hybridized carbons (Fsp3) is 0.467. The van der Waals surface area contributed by atoms with Crippen molar-refractivity contribution in [2.45, 2.75) is 26.2 Å². The molecule has 1 unspecified atom stereocenters. The quantitative estimate of drug-likeness (QED) is 0.850. The van der Waals surface area contributed by atoms with Crippen molar-refractivity contribution in [1.29, 1.82) is 0 Å². The molecular weight excluding hydrogens is 272 g/mol. The number of hydrogen-bond donors (Lipinski definition) is 1. The van der Waals surface area contributed by atoms with E-state index in [9.17, 15) is 0 Å². The van der Waals surface area contributed by atoms with Gasteiger partial charge in [0.2, 0.25) is 0 Å². The molecule has 0 aliphatic carbocycles. The van der Waals surface area contributed by atoms with Crippen LogP contribution in [0, 0.1) is 5.92 Å². The summed E-state index contributed by atoms with van der Waals surface area (Å²) >= 11 is 11.1. The monoisotopic (exact) mass is 292 g/mol. The van der Waals surface area contributed by atoms with Crippen molar-refractivity contribution in [3.63, 3.8) is 0 Å². The number of thiocarbonyl (C=S) groups is 2. The largest absolute Gasteiger partial charge is 0.366 e. The molecule has 2 nitrogen and oxygen atoms in total. The average Bonchev–Trinajstić information content (AvgIpc) is 2.47. The Morgan fingerprint density at radius 2 is 1.74 bits per heavy atom. The molecule has 0 spiro atoms. The van der Waals surface area contributed by atoms with Crippen molar-refractivity contribution < 1.29 is 0 Å². The third kappa shape index (κ3) is 3.98. The highest BCUT2D eigenvalue weighted by molar-refractivity contribution is 7.82. The fourth-order valence-electron chi connectivity index (χ4n) is 2.27. The van der Waals surface area contributed by atoms with Crippen LogP contribution in [0.2, 0.25) is 0 Å². The van der Waals surface area contributed by atoms with Crippen LogP contribution in [0.1, 0.15) is 26.2 Å². The van der Waals surface area contributed by atoms with Crippen molar-refractivity contribution in [3.8, 4) is 0 Å². The maximum Gasteiger partial charge on any atom is 0.0894 e. The minimum atomic E-state index is 0.114. The third-order valence-electron chi connectivity index (χ3n) is 3.47. The Hall–Kier alpha value is -1.00. The second-order valence-corrected chi connectivity index (χ2v) is 5.82. The second kappa shape index (κ2) is 6.96. The lowest BCUT2D eigenvalue weighted by atomic mass is 10.1. The topological polar surface area (TPSA) is 15.3 Å². The maximum atomic E-state index is 5.59. The summed E-state index contributed by atoms with van der Waals surface area (Å²) in [6.07, 6.45) is 3.80. The number of nitrogens with one attached hydrogen (secondary N) is 1. The number of piperidine rings is 1. The molecule has 0 bridgehead atoms. The first-order valence-electron chi connectivity index (χ1n) is 6.83. The zero-order chi connectivity index (χ0) is 13.7. The molecule has 2 rings (SSSR count). The summed E-state index contributed by atoms with van der Waals surface area (Å²) < 4.78 is 0. The van der Waals surface area contributed by atoms with E-state index >= 15 is 0 Å². The Kier molecular flexibility index (Phi) is 5.28. The lowest BCUT2D eigenvalue weighted by Crippen LogP contribution is -2.41. The second-order valence-electron chi connectivity index (χ2n) is 4.96. The van der Waals surface area contributed by atoms with Gasteiger partial charge in [0.1, 0.15) is 0 Å². The Morgan fingerprint density at radius 3 is 2.37 bits per heavy atom. The smallest absolute Gasteiger partial charge is 0.0894 e. The number of hydrogen-bond acceptors (Lipinski definition) is 2. The Morgan fingerprint density at radius 1 is 1.11 bits per heavy atom. The molecule has 0 amide bonds. The predicted octanol–water partition coefficient (Wildman–Crippen LogP) is 3.88. The zero-order valence-electron chi connectivity index (χ0n) is 11.3. The number of para-hydroxylation sites is 1. The molecule has 1 heterocycles. The van der Waals surface area contributed by atoms with E-state index in [-0.39, 0.29) is 5.92 Å². The van der Waals surface area contributed by atoms with E-state index in [0.29, 0.717) is 0 Å². The molecule has 1 aliphatic rings. The van der Waals surface area contributed by atoms with Crippen LogP contribution in [0.25, 0.3) is 0 Å². The molecule has 0 radical (unpaired) electrons. The van der Waals surface area contributed by atoms with Crippen LogP contribution in [0.15, 0.2) is 30.3 Å². The van der Waals surface area contributed by atoms with Gasteiger partial charge >= 0.3 is 0 Å². The minimum Gasteiger partial charge on any atom is -0.366 e. The third-order valence-corrected chi connectivity index (χ3v) is 4.54. The van der Waals surface area contributed by atoms with E-state index in [1.54, 1.807) is 0 Å². The molecule has 1 aliphatic heterocycles. The first-order chi connectivity index (χ1) is 9.18. The van der Waals surface area contributed by atoms with Gasteiger partial charge in [-0.2, -0.15) is 0 Å². The van der Waals surface area contributed by atoms with Gasteiger partial charge in [0.15, 0.2) is 0 Å². The first-order valence-corrected chi connectivity index (χ1v) is 7.65. The molecule has 1 saturated heterocycles. The van der Waals surface area contributed by atoms with Gasteiger partial charge in [-0.3, -0.25) is 0 Å². The van der Waals surface area contributed by atoms with E-state index in [2.05, 4.69) is 17.1 Å². The van der Waals surface area contributed by atoms with E-state index in [1.165, 1.54) is 19.3 Å². The van der Waals surface area contributed by atoms with Crippen molar-refractivity contribution in [2.24, 2.45) is 5.92 Å². The van der Waals surface area contributed by atoms with Gasteiger partial charge in [0.25, 0.3) is 0 Å². The zero-order valence-corrected chi connectivity index (χ0v) is 12.9. The summed E-state index contributed by atoms with van der Waals surface area (Å²) in [4.78, 5) is 4.09. The molecule has 102 valence electrons. The van der Waals surface area contributed by atoms with Gasteiger partial charge in [-0.05, 0) is 38.3 Å². The summed E-state index contributed by atoms with van der Waals surface area (Å²) in [5.74, 6) is 0.114. The Balaban J connectivity index is 1.93. The van der Waals surface area contributed by atoms with E-state index in [4.69, 9.17) is 24.4 Å². The van der Waals surface area contributed by atoms with E-state index in [1.807, 2.05) is 30.3 Å². The molecular formula is C15H20N2S2. The predicted molar refractivity (Wildman–Crippen MR) is 89.8 cm³/mol. The molecule has 1 atom stereocenters. The van der Waals surface area contributed by atoms with Gasteiger partial charge < -0.3 is 10.2 Å². The number of likely N-dealkylation sites (tertiary alicyclic amines) is 1. The maximum absolute atomic E-state index is 5.59. The van der Waals surface area contributed by atoms with Gasteiger partial charge in [0.05, 0.1) is 15.9 Å². The summed E-state index contributed by atoms with van der Waals surface area (Å²) in [5, 5.41) is 3.28. The molecule has 19 heavy (non-hydrogen) atoms. The molecule has 1 aromatic carbocycles. The average molecular weight is 292 g/mol. The number of anilines is 1. The van der Waals surface area contributed by atoms with Crippen LogP contribution in [0.4, 0.5) is 5.69 Å². The van der Waals surface area contributed by atoms with Crippen LogP contribution >= 0.6 is 24.4 Å². The first kappa shape index (κ1) is 14.4. The van der Waals surface area contributed by atoms with Gasteiger partial charge in [-0.15, -0.1) is 0 Å². The lowest BCUT2D eigenvalue weighted by Gasteiger charge is -2.32. The normalized spacial score (nSPS) is 16.8. The Bertz CT molecular complexity index is 439. The SMILES string of the molecule is CC(C(=S)Nc1ccccc1)C(=S)N1CCCCC1. The summed E-state index contributed by atoms with van der Waals surface area (Å²) in [6, 6.07) is 10.0. The molecule has 4 heteroatoms. The number of benzene rings is 1. The summed E-state index contributed by atoms with van der Waals surface area (Å²) in [6.45, 7) is 4.25. The van der Waals surface area contributed by atoms with Crippen LogP contribution in [-0.4, -0.2) is 28.0 Å². The molecule has 0 aromatic heterocycles.